The zero-order chi connectivity index (χ0) is 35.2. The summed E-state index contributed by atoms with van der Waals surface area (Å²) in [5, 5.41) is 38.8. The van der Waals surface area contributed by atoms with Crippen LogP contribution >= 0.6 is 0 Å². The lowest BCUT2D eigenvalue weighted by atomic mass is 9.90. The minimum absolute atomic E-state index is 0.780. The van der Waals surface area contributed by atoms with Gasteiger partial charge in [-0.2, -0.15) is 10.5 Å². The van der Waals surface area contributed by atoms with Gasteiger partial charge in [0.15, 0.2) is 23.3 Å². The number of halogens is 6. The maximum atomic E-state index is 17.0. The number of allylic oxidation sites excluding steroid dienone is 7. The fourth-order valence-electron chi connectivity index (χ4n) is 5.51. The molecular formula is C34H4F6N8. The van der Waals surface area contributed by atoms with Gasteiger partial charge in [0.2, 0.25) is 11.4 Å². The summed E-state index contributed by atoms with van der Waals surface area (Å²) in [5.41, 5.74) is -14.9. The SMILES string of the molecule is [C-]#[N+]C1=C(c2ccc([N+]#[C-])c(F)c2F)/C(=C(/C#N)[N+]#[C-])c2c(F)c3c(c(F)c21)/C(=C(/C#N)[N+]#[C-])C(c1ccc(C#N)c(F)c1F)=C3C#N. The standard InChI is InChI=1S/C34H4F6N8/c1-45-17-8-7-15(30(37)31(17)38)22-24(19(12-44)47-3)26-27(34(22)48-4)33(40)25-21(32(26)39)16(10-42)20(23(25)18(11-43)46-2)14-6-5-13(9-41)28(35)29(14)36/h5-8H/b23-18-,24-19+. The Balaban J connectivity index is 2.05. The molecule has 0 atom stereocenters. The van der Waals surface area contributed by atoms with Crippen molar-refractivity contribution >= 4 is 39.2 Å². The highest BCUT2D eigenvalue weighted by Crippen LogP contribution is 2.58. The fourth-order valence-corrected chi connectivity index (χ4v) is 5.51. The monoisotopic (exact) mass is 638 g/mol. The van der Waals surface area contributed by atoms with E-state index in [1.54, 1.807) is 0 Å². The molecule has 0 N–H and O–H groups in total. The number of fused-ring (bicyclic) bond motifs is 2. The molecule has 0 saturated carbocycles. The van der Waals surface area contributed by atoms with E-state index in [4.69, 9.17) is 31.6 Å². The molecule has 0 amide bonds. The lowest BCUT2D eigenvalue weighted by molar-refractivity contribution is 0.504. The Bertz CT molecular complexity index is 2390. The third-order valence-corrected chi connectivity index (χ3v) is 7.41. The summed E-state index contributed by atoms with van der Waals surface area (Å²) in [6.07, 6.45) is 0. The van der Waals surface area contributed by atoms with Gasteiger partial charge in [-0.3, -0.25) is 0 Å². The highest BCUT2D eigenvalue weighted by atomic mass is 19.2. The molecule has 14 heteroatoms. The van der Waals surface area contributed by atoms with Gasteiger partial charge in [0.05, 0.1) is 49.6 Å². The van der Waals surface area contributed by atoms with Crippen LogP contribution in [0.1, 0.15) is 38.9 Å². The maximum Gasteiger partial charge on any atom is 0.270 e. The summed E-state index contributed by atoms with van der Waals surface area (Å²) in [4.78, 5) is 11.9. The molecule has 0 spiro atoms. The van der Waals surface area contributed by atoms with Gasteiger partial charge in [-0.1, -0.05) is 12.1 Å². The van der Waals surface area contributed by atoms with Gasteiger partial charge < -0.3 is 0 Å². The molecule has 0 fully saturated rings. The Labute approximate surface area is 266 Å². The van der Waals surface area contributed by atoms with Crippen LogP contribution in [0.25, 0.3) is 52.9 Å². The second-order valence-electron chi connectivity index (χ2n) is 9.49. The van der Waals surface area contributed by atoms with Crippen LogP contribution in [0.5, 0.6) is 0 Å². The Morgan fingerprint density at radius 1 is 0.542 bits per heavy atom. The van der Waals surface area contributed by atoms with Crippen LogP contribution in [0.15, 0.2) is 35.7 Å². The number of benzene rings is 3. The van der Waals surface area contributed by atoms with E-state index in [2.05, 4.69) is 19.4 Å². The lowest BCUT2D eigenvalue weighted by Gasteiger charge is -2.15. The van der Waals surface area contributed by atoms with Crippen molar-refractivity contribution in [2.45, 2.75) is 0 Å². The minimum Gasteiger partial charge on any atom is -0.237 e. The smallest absolute Gasteiger partial charge is 0.237 e. The molecule has 0 radical (unpaired) electrons. The van der Waals surface area contributed by atoms with Crippen molar-refractivity contribution in [3.05, 3.63) is 155 Å². The Morgan fingerprint density at radius 2 is 1.06 bits per heavy atom. The number of rotatable bonds is 2. The predicted molar refractivity (Wildman–Crippen MR) is 154 cm³/mol. The molecule has 0 saturated heterocycles. The quantitative estimate of drug-likeness (QED) is 0.159. The zero-order valence-corrected chi connectivity index (χ0v) is 23.2. The zero-order valence-electron chi connectivity index (χ0n) is 23.2. The highest BCUT2D eigenvalue weighted by Gasteiger charge is 2.45. The first-order chi connectivity index (χ1) is 23.0. The topological polar surface area (TPSA) is 113 Å². The predicted octanol–water partition coefficient (Wildman–Crippen LogP) is 8.50. The van der Waals surface area contributed by atoms with Crippen LogP contribution in [-0.2, 0) is 0 Å². The first-order valence-corrected chi connectivity index (χ1v) is 12.6. The summed E-state index contributed by atoms with van der Waals surface area (Å²) in [6, 6.07) is 8.90. The van der Waals surface area contributed by atoms with Crippen molar-refractivity contribution in [3.8, 4) is 24.3 Å². The Kier molecular flexibility index (Phi) is 7.60. The lowest BCUT2D eigenvalue weighted by Crippen LogP contribution is -2.05. The first-order valence-electron chi connectivity index (χ1n) is 12.6. The number of nitrogens with zero attached hydrogens (tertiary/aromatic N) is 8. The summed E-state index contributed by atoms with van der Waals surface area (Å²) in [7, 11) is 0. The molecule has 48 heavy (non-hydrogen) atoms. The molecule has 0 heterocycles. The minimum atomic E-state index is -1.78. The first kappa shape index (κ1) is 31.5. The van der Waals surface area contributed by atoms with Gasteiger partial charge in [0.1, 0.15) is 23.8 Å². The summed E-state index contributed by atoms with van der Waals surface area (Å²) in [6.45, 7) is 29.8. The van der Waals surface area contributed by atoms with Gasteiger partial charge in [0.25, 0.3) is 11.4 Å². The van der Waals surface area contributed by atoms with Crippen LogP contribution in [0.2, 0.25) is 0 Å². The van der Waals surface area contributed by atoms with Gasteiger partial charge in [-0.25, -0.2) is 56.2 Å². The van der Waals surface area contributed by atoms with Crippen molar-refractivity contribution in [1.82, 2.24) is 0 Å². The van der Waals surface area contributed by atoms with Crippen LogP contribution < -0.4 is 0 Å². The molecule has 222 valence electrons. The molecule has 0 bridgehead atoms. The molecule has 2 aliphatic rings. The van der Waals surface area contributed by atoms with Crippen molar-refractivity contribution in [3.63, 3.8) is 0 Å². The second-order valence-corrected chi connectivity index (χ2v) is 9.49. The van der Waals surface area contributed by atoms with Crippen LogP contribution in [0.4, 0.5) is 32.0 Å². The number of hydrogen-bond donors (Lipinski definition) is 0. The second kappa shape index (κ2) is 11.6. The average molecular weight is 638 g/mol. The molecule has 2 aliphatic carbocycles. The molecule has 5 rings (SSSR count). The summed E-state index contributed by atoms with van der Waals surface area (Å²) < 4.78 is 94.3. The molecule has 0 unspecified atom stereocenters. The molecular weight excluding hydrogens is 634 g/mol. The molecule has 0 aliphatic heterocycles. The van der Waals surface area contributed by atoms with E-state index in [1.807, 2.05) is 0 Å². The number of nitriles is 4. The van der Waals surface area contributed by atoms with Crippen molar-refractivity contribution in [2.24, 2.45) is 0 Å². The molecule has 3 aromatic rings. The third kappa shape index (κ3) is 4.03. The van der Waals surface area contributed by atoms with E-state index in [9.17, 15) is 24.6 Å². The molecule has 8 nitrogen and oxygen atoms in total. The van der Waals surface area contributed by atoms with E-state index >= 15 is 17.6 Å². The Hall–Kier alpha value is -7.88. The van der Waals surface area contributed by atoms with Crippen LogP contribution in [0.3, 0.4) is 0 Å². The van der Waals surface area contributed by atoms with E-state index in [-0.39, 0.29) is 0 Å². The van der Waals surface area contributed by atoms with Gasteiger partial charge in [0, 0.05) is 44.5 Å². The van der Waals surface area contributed by atoms with Crippen LogP contribution in [-0.4, -0.2) is 0 Å². The van der Waals surface area contributed by atoms with Gasteiger partial charge in [-0.05, 0) is 23.3 Å². The van der Waals surface area contributed by atoms with E-state index < -0.39 is 124 Å². The van der Waals surface area contributed by atoms with E-state index in [0.717, 1.165) is 24.3 Å². The molecule has 0 aromatic heterocycles. The van der Waals surface area contributed by atoms with Crippen LogP contribution in [0, 0.1) is 107 Å². The summed E-state index contributed by atoms with van der Waals surface area (Å²) >= 11 is 0. The average Bonchev–Trinajstić information content (AvgIpc) is 3.61. The van der Waals surface area contributed by atoms with E-state index in [1.165, 1.54) is 24.3 Å². The highest BCUT2D eigenvalue weighted by molar-refractivity contribution is 6.29. The normalized spacial score (nSPS) is 14.6. The van der Waals surface area contributed by atoms with Crippen molar-refractivity contribution < 1.29 is 26.3 Å². The van der Waals surface area contributed by atoms with E-state index in [0.29, 0.717) is 0 Å². The van der Waals surface area contributed by atoms with Crippen molar-refractivity contribution in [1.29, 1.82) is 21.0 Å². The fraction of sp³-hybridized carbons (Fsp3) is 0. The third-order valence-electron chi connectivity index (χ3n) is 7.41. The molecule has 3 aromatic carbocycles. The Morgan fingerprint density at radius 3 is 1.58 bits per heavy atom. The maximum absolute atomic E-state index is 17.0. The van der Waals surface area contributed by atoms with Crippen molar-refractivity contribution in [2.75, 3.05) is 0 Å². The number of hydrogen-bond acceptors (Lipinski definition) is 4. The van der Waals surface area contributed by atoms with Gasteiger partial charge in [-0.15, -0.1) is 0 Å². The summed E-state index contributed by atoms with van der Waals surface area (Å²) in [5.74, 6) is -10.3. The van der Waals surface area contributed by atoms with Gasteiger partial charge >= 0.3 is 0 Å². The largest absolute Gasteiger partial charge is 0.270 e.